The van der Waals surface area contributed by atoms with Crippen molar-refractivity contribution >= 4 is 68.0 Å². The second-order valence-corrected chi connectivity index (χ2v) is 8.99. The van der Waals surface area contributed by atoms with Crippen LogP contribution in [0.1, 0.15) is 6.92 Å². The SMILES string of the molecule is CCOP(=S)(Cl)Oc1cc(Cl)c(Br)cc1Cl. The van der Waals surface area contributed by atoms with Crippen LogP contribution in [-0.2, 0) is 16.3 Å². The lowest BCUT2D eigenvalue weighted by molar-refractivity contribution is 0.343. The number of hydrogen-bond donors (Lipinski definition) is 0. The Morgan fingerprint density at radius 3 is 2.56 bits per heavy atom. The van der Waals surface area contributed by atoms with E-state index in [-0.39, 0.29) is 0 Å². The fourth-order valence-corrected chi connectivity index (χ4v) is 3.58. The maximum Gasteiger partial charge on any atom is 0.332 e. The minimum absolute atomic E-state index is 0.321. The number of halogens is 4. The minimum Gasteiger partial charge on any atom is -0.431 e. The van der Waals surface area contributed by atoms with Crippen LogP contribution in [0.2, 0.25) is 10.0 Å². The maximum absolute atomic E-state index is 5.95. The van der Waals surface area contributed by atoms with Crippen LogP contribution in [0.15, 0.2) is 16.6 Å². The Bertz CT molecular complexity index is 444. The highest BCUT2D eigenvalue weighted by atomic mass is 79.9. The second kappa shape index (κ2) is 6.24. The van der Waals surface area contributed by atoms with Crippen LogP contribution in [0, 0.1) is 0 Å². The molecule has 1 atom stereocenters. The third kappa shape index (κ3) is 4.34. The van der Waals surface area contributed by atoms with E-state index in [0.29, 0.717) is 26.9 Å². The molecule has 1 aromatic rings. The molecule has 0 N–H and O–H groups in total. The summed E-state index contributed by atoms with van der Waals surface area (Å²) in [5.41, 5.74) is 0. The topological polar surface area (TPSA) is 18.5 Å². The van der Waals surface area contributed by atoms with E-state index in [1.54, 1.807) is 13.0 Å². The Balaban J connectivity index is 2.98. The van der Waals surface area contributed by atoms with Gasteiger partial charge in [-0.3, -0.25) is 0 Å². The average Bonchev–Trinajstić information content (AvgIpc) is 2.13. The van der Waals surface area contributed by atoms with Crippen molar-refractivity contribution in [2.75, 3.05) is 6.61 Å². The van der Waals surface area contributed by atoms with E-state index in [0.717, 1.165) is 0 Å². The van der Waals surface area contributed by atoms with E-state index in [9.17, 15) is 0 Å². The largest absolute Gasteiger partial charge is 0.431 e. The third-order valence-electron chi connectivity index (χ3n) is 1.47. The normalized spacial score (nSPS) is 14.6. The Morgan fingerprint density at radius 1 is 1.38 bits per heavy atom. The zero-order valence-corrected chi connectivity index (χ0v) is 13.6. The predicted molar refractivity (Wildman–Crippen MR) is 76.6 cm³/mol. The van der Waals surface area contributed by atoms with Gasteiger partial charge in [-0.05, 0) is 52.0 Å². The lowest BCUT2D eigenvalue weighted by atomic mass is 10.3. The lowest BCUT2D eigenvalue weighted by Crippen LogP contribution is -1.93. The van der Waals surface area contributed by atoms with E-state index in [1.165, 1.54) is 6.07 Å². The predicted octanol–water partition coefficient (Wildman–Crippen LogP) is 5.63. The van der Waals surface area contributed by atoms with Crippen LogP contribution >= 0.6 is 56.2 Å². The van der Waals surface area contributed by atoms with Crippen molar-refractivity contribution in [2.45, 2.75) is 6.92 Å². The molecule has 0 aliphatic carbocycles. The molecule has 0 heterocycles. The molecule has 1 unspecified atom stereocenters. The Morgan fingerprint density at radius 2 is 2.00 bits per heavy atom. The van der Waals surface area contributed by atoms with Crippen molar-refractivity contribution in [2.24, 2.45) is 0 Å². The van der Waals surface area contributed by atoms with E-state index < -0.39 is 5.84 Å². The van der Waals surface area contributed by atoms with Gasteiger partial charge in [-0.25, -0.2) is 0 Å². The van der Waals surface area contributed by atoms with Crippen LogP contribution in [0.3, 0.4) is 0 Å². The highest BCUT2D eigenvalue weighted by Crippen LogP contribution is 2.55. The van der Waals surface area contributed by atoms with Gasteiger partial charge >= 0.3 is 5.84 Å². The van der Waals surface area contributed by atoms with Crippen LogP contribution in [0.4, 0.5) is 0 Å². The van der Waals surface area contributed by atoms with Crippen molar-refractivity contribution in [3.05, 3.63) is 26.7 Å². The molecule has 2 nitrogen and oxygen atoms in total. The van der Waals surface area contributed by atoms with E-state index in [4.69, 9.17) is 55.3 Å². The first-order valence-electron chi connectivity index (χ1n) is 4.14. The van der Waals surface area contributed by atoms with E-state index in [2.05, 4.69) is 15.9 Å². The van der Waals surface area contributed by atoms with Gasteiger partial charge in [0.2, 0.25) is 0 Å². The third-order valence-corrected chi connectivity index (χ3v) is 4.98. The standard InChI is InChI=1S/C8H7BrCl3O2PS/c1-2-13-15(12,16)14-8-4-6(10)5(9)3-7(8)11/h3-4H,2H2,1H3. The summed E-state index contributed by atoms with van der Waals surface area (Å²) in [6.07, 6.45) is 0. The fourth-order valence-electron chi connectivity index (χ4n) is 0.872. The zero-order chi connectivity index (χ0) is 12.3. The van der Waals surface area contributed by atoms with Gasteiger partial charge in [0.1, 0.15) is 5.75 Å². The van der Waals surface area contributed by atoms with Gasteiger partial charge in [0.05, 0.1) is 16.7 Å². The van der Waals surface area contributed by atoms with Crippen molar-refractivity contribution in [3.8, 4) is 5.75 Å². The number of rotatable bonds is 4. The summed E-state index contributed by atoms with van der Waals surface area (Å²) in [5, 5.41) is 0.827. The molecule has 8 heteroatoms. The van der Waals surface area contributed by atoms with Crippen LogP contribution in [0.5, 0.6) is 5.75 Å². The van der Waals surface area contributed by atoms with Crippen molar-refractivity contribution < 1.29 is 9.05 Å². The van der Waals surface area contributed by atoms with Gasteiger partial charge in [0.25, 0.3) is 0 Å². The van der Waals surface area contributed by atoms with Crippen molar-refractivity contribution in [1.29, 1.82) is 0 Å². The number of hydrogen-bond acceptors (Lipinski definition) is 3. The van der Waals surface area contributed by atoms with Crippen molar-refractivity contribution in [1.82, 2.24) is 0 Å². The molecule has 0 aliphatic rings. The molecule has 0 amide bonds. The molecular weight excluding hydrogens is 377 g/mol. The Labute approximate surface area is 122 Å². The monoisotopic (exact) mass is 382 g/mol. The van der Waals surface area contributed by atoms with Gasteiger partial charge in [-0.2, -0.15) is 0 Å². The quantitative estimate of drug-likeness (QED) is 0.495. The fraction of sp³-hybridized carbons (Fsp3) is 0.250. The molecule has 0 saturated carbocycles. The Hall–Kier alpha value is 0.980. The first-order chi connectivity index (χ1) is 7.35. The molecule has 0 aromatic heterocycles. The van der Waals surface area contributed by atoms with Gasteiger partial charge in [-0.15, -0.1) is 0 Å². The molecule has 0 saturated heterocycles. The maximum atomic E-state index is 5.95. The molecular formula is C8H7BrCl3O2PS. The highest BCUT2D eigenvalue weighted by molar-refractivity contribution is 9.10. The summed E-state index contributed by atoms with van der Waals surface area (Å²) in [5.74, 6) is -2.51. The summed E-state index contributed by atoms with van der Waals surface area (Å²) < 4.78 is 11.1. The van der Waals surface area contributed by atoms with Gasteiger partial charge in [0, 0.05) is 10.5 Å². The van der Waals surface area contributed by atoms with Crippen LogP contribution in [0.25, 0.3) is 0 Å². The molecule has 0 fully saturated rings. The molecule has 0 bridgehead atoms. The lowest BCUT2D eigenvalue weighted by Gasteiger charge is -2.16. The van der Waals surface area contributed by atoms with Crippen molar-refractivity contribution in [3.63, 3.8) is 0 Å². The molecule has 1 aromatic carbocycles. The summed E-state index contributed by atoms with van der Waals surface area (Å²) in [4.78, 5) is 0. The minimum atomic E-state index is -2.83. The van der Waals surface area contributed by atoms with Crippen LogP contribution < -0.4 is 4.52 Å². The smallest absolute Gasteiger partial charge is 0.332 e. The van der Waals surface area contributed by atoms with E-state index >= 15 is 0 Å². The molecule has 90 valence electrons. The first-order valence-corrected chi connectivity index (χ1v) is 9.23. The highest BCUT2D eigenvalue weighted by Gasteiger charge is 2.18. The zero-order valence-electron chi connectivity index (χ0n) is 8.05. The van der Waals surface area contributed by atoms with Crippen LogP contribution in [-0.4, -0.2) is 6.61 Å². The second-order valence-electron chi connectivity index (χ2n) is 2.64. The first kappa shape index (κ1) is 15.0. The number of benzene rings is 1. The molecule has 0 radical (unpaired) electrons. The summed E-state index contributed by atoms with van der Waals surface area (Å²) in [6.45, 7) is 2.16. The molecule has 0 aliphatic heterocycles. The molecule has 0 spiro atoms. The molecule has 1 rings (SSSR count). The summed E-state index contributed by atoms with van der Waals surface area (Å²) in [6, 6.07) is 3.15. The summed E-state index contributed by atoms with van der Waals surface area (Å²) in [7, 11) is 0. The van der Waals surface area contributed by atoms with E-state index in [1.807, 2.05) is 0 Å². The average molecular weight is 384 g/mol. The Kier molecular flexibility index (Phi) is 5.86. The molecule has 16 heavy (non-hydrogen) atoms. The van der Waals surface area contributed by atoms with Gasteiger partial charge in [0.15, 0.2) is 0 Å². The van der Waals surface area contributed by atoms with Gasteiger partial charge in [-0.1, -0.05) is 23.2 Å². The summed E-state index contributed by atoms with van der Waals surface area (Å²) >= 11 is 26.0. The van der Waals surface area contributed by atoms with Gasteiger partial charge < -0.3 is 9.05 Å².